The molecular formula is C24H31Cl2N3OS. The van der Waals surface area contributed by atoms with E-state index in [4.69, 9.17) is 16.3 Å². The van der Waals surface area contributed by atoms with Crippen molar-refractivity contribution in [3.8, 4) is 22.3 Å². The van der Waals surface area contributed by atoms with Crippen LogP contribution < -0.4 is 4.74 Å². The molecular weight excluding hydrogens is 449 g/mol. The summed E-state index contributed by atoms with van der Waals surface area (Å²) >= 11 is 7.74. The Morgan fingerprint density at radius 2 is 1.81 bits per heavy atom. The van der Waals surface area contributed by atoms with Gasteiger partial charge in [-0.3, -0.25) is 0 Å². The third kappa shape index (κ3) is 6.66. The second-order valence-corrected chi connectivity index (χ2v) is 9.79. The van der Waals surface area contributed by atoms with Crippen molar-refractivity contribution in [2.24, 2.45) is 0 Å². The maximum absolute atomic E-state index is 6.50. The van der Waals surface area contributed by atoms with Gasteiger partial charge in [-0.05, 0) is 61.2 Å². The van der Waals surface area contributed by atoms with E-state index in [-0.39, 0.29) is 17.8 Å². The quantitative estimate of drug-likeness (QED) is 0.359. The standard InChI is InChI=1S/C24H30ClN3OS.ClH/c1-7-28(6)13-12-18-15-20(25)21(14-16(18)2)29-23-26-22(27-30-23)17-8-10-19(11-9-17)24(3,4)5;/h8-11,14-15H,7,12-13H2,1-6H3;1H. The Balaban J connectivity index is 0.00000341. The Morgan fingerprint density at radius 3 is 2.42 bits per heavy atom. The zero-order valence-corrected chi connectivity index (χ0v) is 21.4. The molecule has 0 aliphatic heterocycles. The number of nitrogens with zero attached hydrogens (tertiary/aromatic N) is 3. The minimum atomic E-state index is 0. The first-order chi connectivity index (χ1) is 14.2. The fourth-order valence-corrected chi connectivity index (χ4v) is 3.88. The Morgan fingerprint density at radius 1 is 1.13 bits per heavy atom. The van der Waals surface area contributed by atoms with Gasteiger partial charge in [0, 0.05) is 23.6 Å². The van der Waals surface area contributed by atoms with Crippen LogP contribution in [0, 0.1) is 6.92 Å². The molecule has 1 heterocycles. The van der Waals surface area contributed by atoms with E-state index < -0.39 is 0 Å². The molecule has 4 nitrogen and oxygen atoms in total. The molecule has 0 saturated carbocycles. The molecule has 0 aliphatic carbocycles. The van der Waals surface area contributed by atoms with Gasteiger partial charge < -0.3 is 9.64 Å². The van der Waals surface area contributed by atoms with Gasteiger partial charge >= 0.3 is 0 Å². The molecule has 168 valence electrons. The molecule has 2 aromatic carbocycles. The molecule has 7 heteroatoms. The predicted molar refractivity (Wildman–Crippen MR) is 134 cm³/mol. The molecule has 0 N–H and O–H groups in total. The summed E-state index contributed by atoms with van der Waals surface area (Å²) in [5.74, 6) is 1.29. The van der Waals surface area contributed by atoms with Crippen LogP contribution in [0.3, 0.4) is 0 Å². The summed E-state index contributed by atoms with van der Waals surface area (Å²) in [6.45, 7) is 12.9. The molecule has 0 amide bonds. The van der Waals surface area contributed by atoms with Gasteiger partial charge in [0.05, 0.1) is 5.02 Å². The van der Waals surface area contributed by atoms with Crippen LogP contribution in [0.4, 0.5) is 0 Å². The Hall–Kier alpha value is -1.66. The number of benzene rings is 2. The molecule has 3 rings (SSSR count). The maximum Gasteiger partial charge on any atom is 0.299 e. The second-order valence-electron chi connectivity index (χ2n) is 8.67. The van der Waals surface area contributed by atoms with Crippen molar-refractivity contribution < 1.29 is 4.74 Å². The van der Waals surface area contributed by atoms with Gasteiger partial charge in [0.2, 0.25) is 0 Å². The molecule has 0 atom stereocenters. The number of halogens is 2. The van der Waals surface area contributed by atoms with E-state index in [9.17, 15) is 0 Å². The van der Waals surface area contributed by atoms with Crippen LogP contribution in [0.25, 0.3) is 11.4 Å². The first-order valence-electron chi connectivity index (χ1n) is 10.3. The largest absolute Gasteiger partial charge is 0.428 e. The average molecular weight is 481 g/mol. The van der Waals surface area contributed by atoms with Crippen molar-refractivity contribution in [1.29, 1.82) is 0 Å². The number of ether oxygens (including phenoxy) is 1. The summed E-state index contributed by atoms with van der Waals surface area (Å²) < 4.78 is 10.4. The Labute approximate surface area is 201 Å². The van der Waals surface area contributed by atoms with Crippen molar-refractivity contribution in [1.82, 2.24) is 14.3 Å². The van der Waals surface area contributed by atoms with Crippen molar-refractivity contribution >= 4 is 35.5 Å². The summed E-state index contributed by atoms with van der Waals surface area (Å²) in [7, 11) is 2.12. The van der Waals surface area contributed by atoms with Gasteiger partial charge in [0.1, 0.15) is 5.75 Å². The van der Waals surface area contributed by atoms with Crippen LogP contribution in [0.1, 0.15) is 44.4 Å². The number of aryl methyl sites for hydroxylation is 1. The molecule has 0 radical (unpaired) electrons. The van der Waals surface area contributed by atoms with Crippen LogP contribution >= 0.6 is 35.5 Å². The first-order valence-corrected chi connectivity index (χ1v) is 11.4. The number of likely N-dealkylation sites (N-methyl/N-ethyl adjacent to an activating group) is 1. The van der Waals surface area contributed by atoms with E-state index >= 15 is 0 Å². The van der Waals surface area contributed by atoms with Crippen LogP contribution in [-0.2, 0) is 11.8 Å². The van der Waals surface area contributed by atoms with Crippen molar-refractivity contribution in [3.63, 3.8) is 0 Å². The number of hydrogen-bond donors (Lipinski definition) is 0. The lowest BCUT2D eigenvalue weighted by atomic mass is 9.87. The highest BCUT2D eigenvalue weighted by atomic mass is 35.5. The normalized spacial score (nSPS) is 11.5. The van der Waals surface area contributed by atoms with Crippen LogP contribution in [-0.4, -0.2) is 34.4 Å². The lowest BCUT2D eigenvalue weighted by Crippen LogP contribution is -2.20. The molecule has 0 saturated heterocycles. The SMILES string of the molecule is CCN(C)CCc1cc(Cl)c(Oc2nc(-c3ccc(C(C)(C)C)cc3)ns2)cc1C.Cl. The topological polar surface area (TPSA) is 38.2 Å². The van der Waals surface area contributed by atoms with E-state index in [1.165, 1.54) is 28.2 Å². The van der Waals surface area contributed by atoms with Crippen LogP contribution in [0.15, 0.2) is 36.4 Å². The third-order valence-electron chi connectivity index (χ3n) is 5.31. The average Bonchev–Trinajstić information content (AvgIpc) is 3.17. The fourth-order valence-electron chi connectivity index (χ4n) is 3.09. The molecule has 0 unspecified atom stereocenters. The summed E-state index contributed by atoms with van der Waals surface area (Å²) in [6.07, 6.45) is 0.962. The molecule has 0 spiro atoms. The van der Waals surface area contributed by atoms with Gasteiger partial charge in [-0.2, -0.15) is 9.36 Å². The highest BCUT2D eigenvalue weighted by molar-refractivity contribution is 7.07. The first kappa shape index (κ1) is 25.6. The van der Waals surface area contributed by atoms with Crippen molar-refractivity contribution in [2.45, 2.75) is 46.5 Å². The van der Waals surface area contributed by atoms with Crippen molar-refractivity contribution in [2.75, 3.05) is 20.1 Å². The lowest BCUT2D eigenvalue weighted by molar-refractivity contribution is 0.357. The van der Waals surface area contributed by atoms with Gasteiger partial charge in [0.25, 0.3) is 5.19 Å². The summed E-state index contributed by atoms with van der Waals surface area (Å²) in [5, 5.41) is 1.09. The monoisotopic (exact) mass is 479 g/mol. The van der Waals surface area contributed by atoms with Gasteiger partial charge in [0.15, 0.2) is 5.82 Å². The Kier molecular flexibility index (Phi) is 8.90. The molecule has 3 aromatic rings. The summed E-state index contributed by atoms with van der Waals surface area (Å²) in [4.78, 5) is 6.84. The van der Waals surface area contributed by atoms with Crippen LogP contribution in [0.2, 0.25) is 5.02 Å². The molecule has 0 fully saturated rings. The van der Waals surface area contributed by atoms with E-state index in [1.807, 2.05) is 12.1 Å². The lowest BCUT2D eigenvalue weighted by Gasteiger charge is -2.18. The summed E-state index contributed by atoms with van der Waals surface area (Å²) in [5.41, 5.74) is 4.79. The minimum absolute atomic E-state index is 0. The molecule has 0 aliphatic rings. The maximum atomic E-state index is 6.50. The van der Waals surface area contributed by atoms with E-state index in [2.05, 4.69) is 80.2 Å². The zero-order valence-electron chi connectivity index (χ0n) is 19.0. The second kappa shape index (κ2) is 10.8. The predicted octanol–water partition coefficient (Wildman–Crippen LogP) is 7.17. The van der Waals surface area contributed by atoms with Gasteiger partial charge in [-0.25, -0.2) is 0 Å². The number of aromatic nitrogens is 2. The van der Waals surface area contributed by atoms with Gasteiger partial charge in [-0.15, -0.1) is 12.4 Å². The van der Waals surface area contributed by atoms with E-state index in [1.54, 1.807) is 0 Å². The number of hydrogen-bond acceptors (Lipinski definition) is 5. The summed E-state index contributed by atoms with van der Waals surface area (Å²) in [6, 6.07) is 12.4. The third-order valence-corrected chi connectivity index (χ3v) is 6.20. The minimum Gasteiger partial charge on any atom is -0.428 e. The fraction of sp³-hybridized carbons (Fsp3) is 0.417. The highest BCUT2D eigenvalue weighted by Crippen LogP contribution is 2.34. The molecule has 31 heavy (non-hydrogen) atoms. The van der Waals surface area contributed by atoms with Gasteiger partial charge in [-0.1, -0.05) is 63.6 Å². The molecule has 1 aromatic heterocycles. The van der Waals surface area contributed by atoms with E-state index in [0.717, 1.165) is 25.1 Å². The zero-order chi connectivity index (χ0) is 21.9. The highest BCUT2D eigenvalue weighted by Gasteiger charge is 2.15. The smallest absolute Gasteiger partial charge is 0.299 e. The van der Waals surface area contributed by atoms with Crippen molar-refractivity contribution in [3.05, 3.63) is 58.1 Å². The molecule has 0 bridgehead atoms. The Bertz CT molecular complexity index is 997. The van der Waals surface area contributed by atoms with E-state index in [0.29, 0.717) is 21.8 Å². The van der Waals surface area contributed by atoms with Crippen LogP contribution in [0.5, 0.6) is 10.9 Å². The number of rotatable bonds is 7.